The summed E-state index contributed by atoms with van der Waals surface area (Å²) >= 11 is 5.94. The molecule has 0 aliphatic rings. The molecular weight excluding hydrogens is 306 g/mol. The van der Waals surface area contributed by atoms with Crippen molar-refractivity contribution in [1.29, 1.82) is 0 Å². The van der Waals surface area contributed by atoms with E-state index in [-0.39, 0.29) is 21.3 Å². The van der Waals surface area contributed by atoms with Gasteiger partial charge in [-0.05, 0) is 12.1 Å². The highest BCUT2D eigenvalue weighted by atomic mass is 35.5. The second kappa shape index (κ2) is 5.70. The van der Waals surface area contributed by atoms with Gasteiger partial charge < -0.3 is 9.84 Å². The number of aromatic amines is 1. The number of methoxy groups -OCH3 is 1. The first-order valence-corrected chi connectivity index (χ1v) is 7.33. The van der Waals surface area contributed by atoms with Crippen LogP contribution < -0.4 is 9.46 Å². The van der Waals surface area contributed by atoms with Gasteiger partial charge in [0.15, 0.2) is 5.03 Å². The van der Waals surface area contributed by atoms with E-state index in [1.807, 2.05) is 0 Å². The number of halogens is 1. The fourth-order valence-corrected chi connectivity index (χ4v) is 2.97. The molecule has 3 N–H and O–H groups in total. The molecule has 0 unspecified atom stereocenters. The van der Waals surface area contributed by atoms with Crippen LogP contribution in [0.1, 0.15) is 5.56 Å². The van der Waals surface area contributed by atoms with Crippen LogP contribution in [0.2, 0.25) is 5.02 Å². The van der Waals surface area contributed by atoms with Crippen molar-refractivity contribution < 1.29 is 18.3 Å². The van der Waals surface area contributed by atoms with Crippen LogP contribution in [-0.2, 0) is 16.6 Å². The normalized spacial score (nSPS) is 11.3. The number of hydrogen-bond acceptors (Lipinski definition) is 5. The number of H-pyrrole nitrogens is 1. The number of aromatic nitrogens is 2. The van der Waals surface area contributed by atoms with Crippen LogP contribution in [0.5, 0.6) is 5.75 Å². The van der Waals surface area contributed by atoms with Gasteiger partial charge in [0.2, 0.25) is 0 Å². The SMILES string of the molecule is COc1ccc(Cl)c(NS(=O)(=O)c2[nH]ncc2CO)c1. The molecule has 0 radical (unpaired) electrons. The maximum absolute atomic E-state index is 12.2. The van der Waals surface area contributed by atoms with Crippen molar-refractivity contribution in [2.75, 3.05) is 11.8 Å². The van der Waals surface area contributed by atoms with Crippen molar-refractivity contribution in [3.8, 4) is 5.75 Å². The predicted octanol–water partition coefficient (Wildman–Crippen LogP) is 1.36. The van der Waals surface area contributed by atoms with E-state index in [1.54, 1.807) is 6.07 Å². The summed E-state index contributed by atoms with van der Waals surface area (Å²) in [6.07, 6.45) is 1.24. The van der Waals surface area contributed by atoms with Gasteiger partial charge in [0.25, 0.3) is 10.0 Å². The van der Waals surface area contributed by atoms with E-state index >= 15 is 0 Å². The average Bonchev–Trinajstić information content (AvgIpc) is 2.90. The highest BCUT2D eigenvalue weighted by Crippen LogP contribution is 2.28. The molecule has 1 aromatic heterocycles. The van der Waals surface area contributed by atoms with Crippen LogP contribution in [0, 0.1) is 0 Å². The Morgan fingerprint density at radius 2 is 2.25 bits per heavy atom. The Bertz CT molecular complexity index is 714. The Morgan fingerprint density at radius 1 is 1.50 bits per heavy atom. The first-order valence-electron chi connectivity index (χ1n) is 5.47. The largest absolute Gasteiger partial charge is 0.497 e. The molecule has 0 aliphatic carbocycles. The predicted molar refractivity (Wildman–Crippen MR) is 73.3 cm³/mol. The number of aliphatic hydroxyl groups excluding tert-OH is 1. The van der Waals surface area contributed by atoms with Crippen LogP contribution in [0.25, 0.3) is 0 Å². The molecule has 0 saturated carbocycles. The lowest BCUT2D eigenvalue weighted by molar-refractivity contribution is 0.278. The maximum atomic E-state index is 12.2. The molecule has 0 saturated heterocycles. The summed E-state index contributed by atoms with van der Waals surface area (Å²) in [6.45, 7) is -0.446. The lowest BCUT2D eigenvalue weighted by atomic mass is 10.3. The first-order chi connectivity index (χ1) is 9.47. The maximum Gasteiger partial charge on any atom is 0.279 e. The molecule has 1 heterocycles. The van der Waals surface area contributed by atoms with Crippen LogP contribution in [0.4, 0.5) is 5.69 Å². The van der Waals surface area contributed by atoms with Gasteiger partial charge in [-0.1, -0.05) is 11.6 Å². The smallest absolute Gasteiger partial charge is 0.279 e. The fraction of sp³-hybridized carbons (Fsp3) is 0.182. The molecule has 9 heteroatoms. The summed E-state index contributed by atoms with van der Waals surface area (Å²) in [4.78, 5) is 0. The Morgan fingerprint density at radius 3 is 2.90 bits per heavy atom. The summed E-state index contributed by atoms with van der Waals surface area (Å²) in [7, 11) is -2.47. The van der Waals surface area contributed by atoms with E-state index in [9.17, 15) is 8.42 Å². The topological polar surface area (TPSA) is 104 Å². The van der Waals surface area contributed by atoms with Crippen molar-refractivity contribution in [3.05, 3.63) is 35.0 Å². The molecule has 20 heavy (non-hydrogen) atoms. The van der Waals surface area contributed by atoms with Crippen LogP contribution >= 0.6 is 11.6 Å². The van der Waals surface area contributed by atoms with Gasteiger partial charge >= 0.3 is 0 Å². The lowest BCUT2D eigenvalue weighted by Gasteiger charge is -2.10. The fourth-order valence-electron chi connectivity index (χ4n) is 1.55. The standard InChI is InChI=1S/C11H12ClN3O4S/c1-19-8-2-3-9(12)10(4-8)15-20(17,18)11-7(6-16)5-13-14-11/h2-5,15-16H,6H2,1H3,(H,13,14). The summed E-state index contributed by atoms with van der Waals surface area (Å²) < 4.78 is 31.7. The van der Waals surface area contributed by atoms with Gasteiger partial charge in [-0.2, -0.15) is 13.5 Å². The second-order valence-electron chi connectivity index (χ2n) is 3.83. The third kappa shape index (κ3) is 2.87. The Kier molecular flexibility index (Phi) is 4.17. The zero-order chi connectivity index (χ0) is 14.8. The van der Waals surface area contributed by atoms with E-state index in [1.165, 1.54) is 25.4 Å². The molecule has 2 aromatic rings. The number of aliphatic hydroxyl groups is 1. The molecule has 2 rings (SSSR count). The van der Waals surface area contributed by atoms with E-state index < -0.39 is 16.6 Å². The molecule has 0 spiro atoms. The number of anilines is 1. The zero-order valence-corrected chi connectivity index (χ0v) is 12.0. The molecule has 0 atom stereocenters. The minimum Gasteiger partial charge on any atom is -0.497 e. The summed E-state index contributed by atoms with van der Waals surface area (Å²) in [6, 6.07) is 4.57. The van der Waals surface area contributed by atoms with Crippen LogP contribution in [0.3, 0.4) is 0 Å². The number of sulfonamides is 1. The highest BCUT2D eigenvalue weighted by Gasteiger charge is 2.21. The third-order valence-electron chi connectivity index (χ3n) is 2.54. The monoisotopic (exact) mass is 317 g/mol. The third-order valence-corrected chi connectivity index (χ3v) is 4.24. The molecule has 7 nitrogen and oxygen atoms in total. The van der Waals surface area contributed by atoms with Gasteiger partial charge in [0, 0.05) is 11.6 Å². The Hall–Kier alpha value is -1.77. The average molecular weight is 318 g/mol. The van der Waals surface area contributed by atoms with Gasteiger partial charge in [-0.25, -0.2) is 0 Å². The zero-order valence-electron chi connectivity index (χ0n) is 10.4. The van der Waals surface area contributed by atoms with Crippen LogP contribution in [0.15, 0.2) is 29.4 Å². The molecule has 0 aliphatic heterocycles. The van der Waals surface area contributed by atoms with Crippen molar-refractivity contribution in [1.82, 2.24) is 10.2 Å². The van der Waals surface area contributed by atoms with E-state index in [0.717, 1.165) is 0 Å². The van der Waals surface area contributed by atoms with Gasteiger partial charge in [0.05, 0.1) is 30.6 Å². The summed E-state index contributed by atoms with van der Waals surface area (Å²) in [5.41, 5.74) is 0.334. The molecule has 0 bridgehead atoms. The van der Waals surface area contributed by atoms with E-state index in [4.69, 9.17) is 21.4 Å². The molecule has 0 fully saturated rings. The van der Waals surface area contributed by atoms with Crippen molar-refractivity contribution in [2.24, 2.45) is 0 Å². The Balaban J connectivity index is 2.38. The Labute approximate surface area is 120 Å². The van der Waals surface area contributed by atoms with E-state index in [0.29, 0.717) is 5.75 Å². The summed E-state index contributed by atoms with van der Waals surface area (Å²) in [5.74, 6) is 0.457. The van der Waals surface area contributed by atoms with Gasteiger partial charge in [-0.15, -0.1) is 0 Å². The van der Waals surface area contributed by atoms with Crippen molar-refractivity contribution >= 4 is 27.3 Å². The summed E-state index contributed by atoms with van der Waals surface area (Å²) in [5, 5.41) is 15.0. The second-order valence-corrected chi connectivity index (χ2v) is 5.86. The number of nitrogens with one attached hydrogen (secondary N) is 2. The number of benzene rings is 1. The quantitative estimate of drug-likeness (QED) is 0.772. The first kappa shape index (κ1) is 14.6. The van der Waals surface area contributed by atoms with Crippen molar-refractivity contribution in [3.63, 3.8) is 0 Å². The van der Waals surface area contributed by atoms with Crippen molar-refractivity contribution in [2.45, 2.75) is 11.6 Å². The minimum absolute atomic E-state index is 0.163. The highest BCUT2D eigenvalue weighted by molar-refractivity contribution is 7.92. The molecule has 0 amide bonds. The molecule has 108 valence electrons. The number of nitrogens with zero attached hydrogens (tertiary/aromatic N) is 1. The minimum atomic E-state index is -3.93. The number of rotatable bonds is 5. The number of ether oxygens (including phenoxy) is 1. The molecule has 1 aromatic carbocycles. The van der Waals surface area contributed by atoms with Gasteiger partial charge in [-0.3, -0.25) is 9.82 Å². The van der Waals surface area contributed by atoms with Crippen LogP contribution in [-0.4, -0.2) is 30.8 Å². The molecular formula is C11H12ClN3O4S. The van der Waals surface area contributed by atoms with E-state index in [2.05, 4.69) is 14.9 Å². The number of hydrogen-bond donors (Lipinski definition) is 3. The lowest BCUT2D eigenvalue weighted by Crippen LogP contribution is -2.15. The van der Waals surface area contributed by atoms with Gasteiger partial charge in [0.1, 0.15) is 5.75 Å².